The zero-order valence-corrected chi connectivity index (χ0v) is 6.11. The van der Waals surface area contributed by atoms with Crippen LogP contribution in [0, 0.1) is 0 Å². The Kier molecular flexibility index (Phi) is 2.78. The highest BCUT2D eigenvalue weighted by Crippen LogP contribution is 2.15. The Hall–Kier alpha value is -0.300. The second-order valence-electron chi connectivity index (χ2n) is 2.53. The van der Waals surface area contributed by atoms with E-state index < -0.39 is 0 Å². The zero-order chi connectivity index (χ0) is 6.53. The van der Waals surface area contributed by atoms with Gasteiger partial charge < -0.3 is 5.32 Å². The van der Waals surface area contributed by atoms with Gasteiger partial charge in [0, 0.05) is 6.54 Å². The summed E-state index contributed by atoms with van der Waals surface area (Å²) < 4.78 is 0. The number of nitrogens with one attached hydrogen (secondary N) is 1. The van der Waals surface area contributed by atoms with E-state index in [2.05, 4.69) is 18.3 Å². The van der Waals surface area contributed by atoms with Crippen molar-refractivity contribution >= 4 is 0 Å². The van der Waals surface area contributed by atoms with Crippen LogP contribution in [0.3, 0.4) is 0 Å². The highest BCUT2D eigenvalue weighted by atomic mass is 14.8. The summed E-state index contributed by atoms with van der Waals surface area (Å²) in [5.74, 6) is 0. The molecule has 1 nitrogen and oxygen atoms in total. The average molecular weight is 125 g/mol. The molecule has 0 fully saturated rings. The van der Waals surface area contributed by atoms with Gasteiger partial charge in [0.25, 0.3) is 0 Å². The third-order valence-corrected chi connectivity index (χ3v) is 1.74. The molecule has 0 aliphatic heterocycles. The number of likely N-dealkylation sites (N-methyl/N-ethyl adjacent to an activating group) is 1. The van der Waals surface area contributed by atoms with Crippen LogP contribution in [-0.2, 0) is 0 Å². The van der Waals surface area contributed by atoms with Gasteiger partial charge in [0.15, 0.2) is 0 Å². The molecule has 0 aromatic rings. The molecule has 0 aromatic heterocycles. The van der Waals surface area contributed by atoms with Crippen LogP contribution in [0.1, 0.15) is 26.2 Å². The molecule has 1 N–H and O–H groups in total. The van der Waals surface area contributed by atoms with Gasteiger partial charge in [0.1, 0.15) is 0 Å². The molecule has 0 saturated heterocycles. The number of rotatable bonds is 3. The average Bonchev–Trinajstić information content (AvgIpc) is 2.34. The van der Waals surface area contributed by atoms with Crippen molar-refractivity contribution in [3.63, 3.8) is 0 Å². The fourth-order valence-corrected chi connectivity index (χ4v) is 1.18. The van der Waals surface area contributed by atoms with Crippen molar-refractivity contribution in [1.29, 1.82) is 0 Å². The highest BCUT2D eigenvalue weighted by Gasteiger charge is 2.01. The minimum atomic E-state index is 1.09. The fourth-order valence-electron chi connectivity index (χ4n) is 1.18. The van der Waals surface area contributed by atoms with E-state index in [4.69, 9.17) is 0 Å². The third kappa shape index (κ3) is 2.19. The quantitative estimate of drug-likeness (QED) is 0.566. The van der Waals surface area contributed by atoms with Crippen molar-refractivity contribution in [2.45, 2.75) is 26.2 Å². The SMILES string of the molecule is CCNCC1=CCCC1. The van der Waals surface area contributed by atoms with Crippen molar-refractivity contribution in [3.05, 3.63) is 11.6 Å². The van der Waals surface area contributed by atoms with Gasteiger partial charge in [-0.25, -0.2) is 0 Å². The van der Waals surface area contributed by atoms with Crippen LogP contribution in [0.5, 0.6) is 0 Å². The number of hydrogen-bond donors (Lipinski definition) is 1. The molecule has 1 aliphatic carbocycles. The summed E-state index contributed by atoms with van der Waals surface area (Å²) >= 11 is 0. The van der Waals surface area contributed by atoms with Crippen molar-refractivity contribution < 1.29 is 0 Å². The maximum absolute atomic E-state index is 3.32. The predicted molar refractivity (Wildman–Crippen MR) is 40.5 cm³/mol. The van der Waals surface area contributed by atoms with Crippen LogP contribution in [0.25, 0.3) is 0 Å². The lowest BCUT2D eigenvalue weighted by atomic mass is 10.2. The van der Waals surface area contributed by atoms with Crippen LogP contribution < -0.4 is 5.32 Å². The van der Waals surface area contributed by atoms with Crippen LogP contribution in [-0.4, -0.2) is 13.1 Å². The van der Waals surface area contributed by atoms with E-state index in [1.165, 1.54) is 19.3 Å². The maximum atomic E-state index is 3.32. The second kappa shape index (κ2) is 3.67. The van der Waals surface area contributed by atoms with Crippen LogP contribution >= 0.6 is 0 Å². The van der Waals surface area contributed by atoms with E-state index >= 15 is 0 Å². The Balaban J connectivity index is 2.11. The Morgan fingerprint density at radius 2 is 2.56 bits per heavy atom. The Morgan fingerprint density at radius 3 is 3.11 bits per heavy atom. The standard InChI is InChI=1S/C8H15N/c1-2-9-7-8-5-3-4-6-8/h5,9H,2-4,6-7H2,1H3. The molecule has 0 atom stereocenters. The predicted octanol–water partition coefficient (Wildman–Crippen LogP) is 1.71. The molecule has 0 radical (unpaired) electrons. The van der Waals surface area contributed by atoms with Crippen molar-refractivity contribution in [1.82, 2.24) is 5.32 Å². The molecule has 0 heterocycles. The molecule has 0 unspecified atom stereocenters. The summed E-state index contributed by atoms with van der Waals surface area (Å²) in [5, 5.41) is 3.32. The first kappa shape index (κ1) is 6.81. The lowest BCUT2D eigenvalue weighted by Crippen LogP contribution is -2.15. The minimum Gasteiger partial charge on any atom is -0.313 e. The van der Waals surface area contributed by atoms with E-state index in [9.17, 15) is 0 Å². The van der Waals surface area contributed by atoms with Gasteiger partial charge in [-0.05, 0) is 25.8 Å². The summed E-state index contributed by atoms with van der Waals surface area (Å²) in [6.07, 6.45) is 6.37. The molecule has 0 saturated carbocycles. The molecular weight excluding hydrogens is 110 g/mol. The molecule has 52 valence electrons. The monoisotopic (exact) mass is 125 g/mol. The van der Waals surface area contributed by atoms with Gasteiger partial charge in [-0.1, -0.05) is 18.6 Å². The molecule has 0 aromatic carbocycles. The Bertz CT molecular complexity index is 105. The van der Waals surface area contributed by atoms with E-state index in [1.54, 1.807) is 5.57 Å². The van der Waals surface area contributed by atoms with Gasteiger partial charge in [0.05, 0.1) is 0 Å². The van der Waals surface area contributed by atoms with E-state index in [-0.39, 0.29) is 0 Å². The summed E-state index contributed by atoms with van der Waals surface area (Å²) in [7, 11) is 0. The minimum absolute atomic E-state index is 1.09. The largest absolute Gasteiger partial charge is 0.313 e. The normalized spacial score (nSPS) is 18.1. The lowest BCUT2D eigenvalue weighted by Gasteiger charge is -1.99. The van der Waals surface area contributed by atoms with Gasteiger partial charge >= 0.3 is 0 Å². The topological polar surface area (TPSA) is 12.0 Å². The molecule has 0 amide bonds. The molecule has 1 aliphatic rings. The van der Waals surface area contributed by atoms with Gasteiger partial charge in [0.2, 0.25) is 0 Å². The van der Waals surface area contributed by atoms with E-state index in [1.807, 2.05) is 0 Å². The molecular formula is C8H15N. The number of allylic oxidation sites excluding steroid dienone is 1. The Morgan fingerprint density at radius 1 is 1.67 bits per heavy atom. The van der Waals surface area contributed by atoms with Crippen molar-refractivity contribution in [2.24, 2.45) is 0 Å². The van der Waals surface area contributed by atoms with Crippen LogP contribution in [0.15, 0.2) is 11.6 Å². The first-order valence-corrected chi connectivity index (χ1v) is 3.82. The lowest BCUT2D eigenvalue weighted by molar-refractivity contribution is 0.754. The van der Waals surface area contributed by atoms with Crippen molar-refractivity contribution in [3.8, 4) is 0 Å². The summed E-state index contributed by atoms with van der Waals surface area (Å²) in [6.45, 7) is 4.36. The van der Waals surface area contributed by atoms with E-state index in [0.717, 1.165) is 13.1 Å². The summed E-state index contributed by atoms with van der Waals surface area (Å²) in [5.41, 5.74) is 1.61. The molecule has 0 bridgehead atoms. The summed E-state index contributed by atoms with van der Waals surface area (Å²) in [4.78, 5) is 0. The number of hydrogen-bond acceptors (Lipinski definition) is 1. The first-order chi connectivity index (χ1) is 4.43. The third-order valence-electron chi connectivity index (χ3n) is 1.74. The van der Waals surface area contributed by atoms with Crippen molar-refractivity contribution in [2.75, 3.05) is 13.1 Å². The molecule has 0 spiro atoms. The van der Waals surface area contributed by atoms with Gasteiger partial charge in [-0.2, -0.15) is 0 Å². The molecule has 1 heteroatoms. The van der Waals surface area contributed by atoms with Crippen LogP contribution in [0.2, 0.25) is 0 Å². The van der Waals surface area contributed by atoms with Gasteiger partial charge in [-0.15, -0.1) is 0 Å². The first-order valence-electron chi connectivity index (χ1n) is 3.82. The summed E-state index contributed by atoms with van der Waals surface area (Å²) in [6, 6.07) is 0. The molecule has 9 heavy (non-hydrogen) atoms. The fraction of sp³-hybridized carbons (Fsp3) is 0.750. The Labute approximate surface area is 57.1 Å². The second-order valence-corrected chi connectivity index (χ2v) is 2.53. The van der Waals surface area contributed by atoms with Gasteiger partial charge in [-0.3, -0.25) is 0 Å². The highest BCUT2D eigenvalue weighted by molar-refractivity contribution is 5.08. The zero-order valence-electron chi connectivity index (χ0n) is 6.11. The smallest absolute Gasteiger partial charge is 0.0164 e. The molecule has 1 rings (SSSR count). The van der Waals surface area contributed by atoms with Crippen LogP contribution in [0.4, 0.5) is 0 Å². The maximum Gasteiger partial charge on any atom is 0.0164 e. The van der Waals surface area contributed by atoms with E-state index in [0.29, 0.717) is 0 Å².